The average Bonchev–Trinajstić information content (AvgIpc) is 2.16. The summed E-state index contributed by atoms with van der Waals surface area (Å²) in [6.45, 7) is 5.62. The van der Waals surface area contributed by atoms with Gasteiger partial charge in [0.25, 0.3) is 0 Å². The van der Waals surface area contributed by atoms with Gasteiger partial charge in [0.15, 0.2) is 5.78 Å². The van der Waals surface area contributed by atoms with E-state index >= 15 is 0 Å². The van der Waals surface area contributed by atoms with Crippen LogP contribution in [0.15, 0.2) is 18.2 Å². The molecule has 1 aromatic rings. The van der Waals surface area contributed by atoms with Gasteiger partial charge in [-0.05, 0) is 37.0 Å². The van der Waals surface area contributed by atoms with Gasteiger partial charge in [-0.3, -0.25) is 4.79 Å². The standard InChI is InChI=1S/C12H15ClO/c1-4-10-5-6-11(8(2)7-10)12(13)9(3)14/h5-7,12H,4H2,1-3H3. The summed E-state index contributed by atoms with van der Waals surface area (Å²) in [6, 6.07) is 6.07. The fraction of sp³-hybridized carbons (Fsp3) is 0.417. The Balaban J connectivity index is 3.05. The highest BCUT2D eigenvalue weighted by Gasteiger charge is 2.14. The third kappa shape index (κ3) is 2.36. The van der Waals surface area contributed by atoms with E-state index in [-0.39, 0.29) is 5.78 Å². The van der Waals surface area contributed by atoms with E-state index in [1.165, 1.54) is 12.5 Å². The van der Waals surface area contributed by atoms with Crippen molar-refractivity contribution in [1.29, 1.82) is 0 Å². The number of hydrogen-bond acceptors (Lipinski definition) is 1. The SMILES string of the molecule is CCc1ccc(C(Cl)C(C)=O)c(C)c1. The largest absolute Gasteiger partial charge is 0.298 e. The van der Waals surface area contributed by atoms with Gasteiger partial charge < -0.3 is 0 Å². The highest BCUT2D eigenvalue weighted by molar-refractivity contribution is 6.30. The first-order chi connectivity index (χ1) is 6.56. The highest BCUT2D eigenvalue weighted by atomic mass is 35.5. The van der Waals surface area contributed by atoms with Crippen molar-refractivity contribution in [2.75, 3.05) is 0 Å². The lowest BCUT2D eigenvalue weighted by molar-refractivity contribution is -0.116. The molecule has 0 fully saturated rings. The van der Waals surface area contributed by atoms with Crippen LogP contribution in [0.25, 0.3) is 0 Å². The Hall–Kier alpha value is -0.820. The van der Waals surface area contributed by atoms with Crippen LogP contribution in [0.1, 0.15) is 35.9 Å². The lowest BCUT2D eigenvalue weighted by Gasteiger charge is -2.10. The molecule has 0 aliphatic rings. The van der Waals surface area contributed by atoms with E-state index in [9.17, 15) is 4.79 Å². The number of ketones is 1. The highest BCUT2D eigenvalue weighted by Crippen LogP contribution is 2.25. The second-order valence-electron chi connectivity index (χ2n) is 3.52. The minimum Gasteiger partial charge on any atom is -0.298 e. The second kappa shape index (κ2) is 4.61. The molecule has 1 nitrogen and oxygen atoms in total. The molecule has 0 spiro atoms. The minimum absolute atomic E-state index is 0.000912. The number of rotatable bonds is 3. The van der Waals surface area contributed by atoms with E-state index in [0.717, 1.165) is 17.5 Å². The first kappa shape index (κ1) is 11.3. The van der Waals surface area contributed by atoms with E-state index in [4.69, 9.17) is 11.6 Å². The van der Waals surface area contributed by atoms with Crippen molar-refractivity contribution < 1.29 is 4.79 Å². The van der Waals surface area contributed by atoms with Gasteiger partial charge in [0.05, 0.1) is 0 Å². The van der Waals surface area contributed by atoms with E-state index in [1.807, 2.05) is 19.1 Å². The van der Waals surface area contributed by atoms with Crippen LogP contribution in [-0.4, -0.2) is 5.78 Å². The van der Waals surface area contributed by atoms with Gasteiger partial charge in [-0.25, -0.2) is 0 Å². The Morgan fingerprint density at radius 3 is 2.57 bits per heavy atom. The van der Waals surface area contributed by atoms with E-state index in [1.54, 1.807) is 0 Å². The van der Waals surface area contributed by atoms with Crippen molar-refractivity contribution in [2.45, 2.75) is 32.6 Å². The molecule has 1 atom stereocenters. The number of aryl methyl sites for hydroxylation is 2. The Kier molecular flexibility index (Phi) is 3.70. The topological polar surface area (TPSA) is 17.1 Å². The molecule has 14 heavy (non-hydrogen) atoms. The number of alkyl halides is 1. The predicted octanol–water partition coefficient (Wildman–Crippen LogP) is 3.43. The molecule has 0 amide bonds. The summed E-state index contributed by atoms with van der Waals surface area (Å²) in [7, 11) is 0. The predicted molar refractivity (Wildman–Crippen MR) is 59.8 cm³/mol. The summed E-state index contributed by atoms with van der Waals surface area (Å²) in [5.74, 6) is -0.000912. The second-order valence-corrected chi connectivity index (χ2v) is 3.95. The van der Waals surface area contributed by atoms with Gasteiger partial charge >= 0.3 is 0 Å². The van der Waals surface area contributed by atoms with Gasteiger partial charge in [-0.2, -0.15) is 0 Å². The smallest absolute Gasteiger partial charge is 0.152 e. The molecule has 1 unspecified atom stereocenters. The summed E-state index contributed by atoms with van der Waals surface area (Å²) in [5, 5.41) is -0.499. The molecule has 0 aliphatic carbocycles. The van der Waals surface area contributed by atoms with Gasteiger partial charge in [-0.1, -0.05) is 25.1 Å². The fourth-order valence-corrected chi connectivity index (χ4v) is 1.71. The number of Topliss-reactive ketones (excluding diaryl/α,β-unsaturated/α-hetero) is 1. The lowest BCUT2D eigenvalue weighted by atomic mass is 10.00. The van der Waals surface area contributed by atoms with Crippen LogP contribution in [0.3, 0.4) is 0 Å². The lowest BCUT2D eigenvalue weighted by Crippen LogP contribution is -2.03. The number of carbonyl (C=O) groups is 1. The van der Waals surface area contributed by atoms with Gasteiger partial charge in [-0.15, -0.1) is 11.6 Å². The number of halogens is 1. The van der Waals surface area contributed by atoms with Crippen LogP contribution < -0.4 is 0 Å². The molecule has 0 saturated carbocycles. The van der Waals surface area contributed by atoms with Crippen LogP contribution in [-0.2, 0) is 11.2 Å². The number of hydrogen-bond donors (Lipinski definition) is 0. The van der Waals surface area contributed by atoms with Crippen molar-refractivity contribution in [3.05, 3.63) is 34.9 Å². The molecule has 1 rings (SSSR count). The maximum absolute atomic E-state index is 11.1. The molecule has 0 aliphatic heterocycles. The number of carbonyl (C=O) groups excluding carboxylic acids is 1. The summed E-state index contributed by atoms with van der Waals surface area (Å²) >= 11 is 5.99. The van der Waals surface area contributed by atoms with Crippen molar-refractivity contribution >= 4 is 17.4 Å². The van der Waals surface area contributed by atoms with Gasteiger partial charge in [0.1, 0.15) is 5.38 Å². The molecular weight excluding hydrogens is 196 g/mol. The van der Waals surface area contributed by atoms with Crippen molar-refractivity contribution in [1.82, 2.24) is 0 Å². The molecule has 0 N–H and O–H groups in total. The molecule has 0 aromatic heterocycles. The molecule has 0 radical (unpaired) electrons. The average molecular weight is 211 g/mol. The molecule has 2 heteroatoms. The maximum atomic E-state index is 11.1. The fourth-order valence-electron chi connectivity index (χ4n) is 1.46. The quantitative estimate of drug-likeness (QED) is 0.699. The Labute approximate surface area is 90.1 Å². The molecule has 0 heterocycles. The Morgan fingerprint density at radius 1 is 1.50 bits per heavy atom. The number of benzene rings is 1. The van der Waals surface area contributed by atoms with Crippen LogP contribution in [0, 0.1) is 6.92 Å². The van der Waals surface area contributed by atoms with Crippen molar-refractivity contribution in [3.63, 3.8) is 0 Å². The maximum Gasteiger partial charge on any atom is 0.152 e. The Bertz CT molecular complexity index is 344. The molecule has 76 valence electrons. The van der Waals surface area contributed by atoms with Crippen LogP contribution in [0.2, 0.25) is 0 Å². The van der Waals surface area contributed by atoms with Crippen LogP contribution >= 0.6 is 11.6 Å². The third-order valence-electron chi connectivity index (χ3n) is 2.37. The van der Waals surface area contributed by atoms with E-state index in [2.05, 4.69) is 13.0 Å². The summed E-state index contributed by atoms with van der Waals surface area (Å²) in [4.78, 5) is 11.1. The minimum atomic E-state index is -0.499. The van der Waals surface area contributed by atoms with Crippen LogP contribution in [0.4, 0.5) is 0 Å². The molecule has 1 aromatic carbocycles. The van der Waals surface area contributed by atoms with Crippen LogP contribution in [0.5, 0.6) is 0 Å². The molecular formula is C12H15ClO. The monoisotopic (exact) mass is 210 g/mol. The summed E-state index contributed by atoms with van der Waals surface area (Å²) in [5.41, 5.74) is 3.30. The third-order valence-corrected chi connectivity index (χ3v) is 2.91. The van der Waals surface area contributed by atoms with Gasteiger partial charge in [0, 0.05) is 0 Å². The molecule has 0 bridgehead atoms. The van der Waals surface area contributed by atoms with E-state index < -0.39 is 5.38 Å². The van der Waals surface area contributed by atoms with Gasteiger partial charge in [0.2, 0.25) is 0 Å². The normalized spacial score (nSPS) is 12.6. The summed E-state index contributed by atoms with van der Waals surface area (Å²) in [6.07, 6.45) is 1.01. The van der Waals surface area contributed by atoms with Crippen molar-refractivity contribution in [2.24, 2.45) is 0 Å². The zero-order valence-electron chi connectivity index (χ0n) is 8.80. The zero-order chi connectivity index (χ0) is 10.7. The Morgan fingerprint density at radius 2 is 2.14 bits per heavy atom. The zero-order valence-corrected chi connectivity index (χ0v) is 9.56. The summed E-state index contributed by atoms with van der Waals surface area (Å²) < 4.78 is 0. The van der Waals surface area contributed by atoms with E-state index in [0.29, 0.717) is 0 Å². The first-order valence-electron chi connectivity index (χ1n) is 4.80. The molecule has 0 saturated heterocycles. The first-order valence-corrected chi connectivity index (χ1v) is 5.23. The van der Waals surface area contributed by atoms with Crippen molar-refractivity contribution in [3.8, 4) is 0 Å².